The molecule has 2 aliphatic rings. The Morgan fingerprint density at radius 2 is 1.81 bits per heavy atom. The Morgan fingerprint density at radius 1 is 1.00 bits per heavy atom. The zero-order valence-corrected chi connectivity index (χ0v) is 20.2. The minimum atomic E-state index is 0.360. The lowest BCUT2D eigenvalue weighted by Crippen LogP contribution is -2.38. The van der Waals surface area contributed by atoms with Gasteiger partial charge >= 0.3 is 0 Å². The summed E-state index contributed by atoms with van der Waals surface area (Å²) in [6, 6.07) is 11.6. The van der Waals surface area contributed by atoms with Crippen molar-refractivity contribution in [1.29, 1.82) is 0 Å². The van der Waals surface area contributed by atoms with Crippen LogP contribution in [0.1, 0.15) is 91.2 Å². The molecule has 4 rings (SSSR count). The highest BCUT2D eigenvalue weighted by molar-refractivity contribution is 5.80. The average Bonchev–Trinajstić information content (AvgIpc) is 2.80. The highest BCUT2D eigenvalue weighted by Gasteiger charge is 2.32. The molecular formula is C28H42N2O. The molecule has 170 valence electrons. The third-order valence-corrected chi connectivity index (χ3v) is 8.30. The molecule has 1 aliphatic heterocycles. The first kappa shape index (κ1) is 22.6. The van der Waals surface area contributed by atoms with Gasteiger partial charge in [0.05, 0.1) is 17.3 Å². The van der Waals surface area contributed by atoms with Crippen molar-refractivity contribution in [3.05, 3.63) is 36.0 Å². The molecule has 1 unspecified atom stereocenters. The van der Waals surface area contributed by atoms with Gasteiger partial charge in [-0.05, 0) is 87.1 Å². The van der Waals surface area contributed by atoms with Crippen molar-refractivity contribution in [2.75, 3.05) is 6.54 Å². The third-order valence-electron chi connectivity index (χ3n) is 8.30. The molecule has 1 aliphatic carbocycles. The van der Waals surface area contributed by atoms with Gasteiger partial charge in [0.15, 0.2) is 0 Å². The molecule has 1 saturated carbocycles. The van der Waals surface area contributed by atoms with Crippen molar-refractivity contribution in [3.8, 4) is 5.75 Å². The van der Waals surface area contributed by atoms with E-state index in [2.05, 4.69) is 62.9 Å². The van der Waals surface area contributed by atoms with Gasteiger partial charge in [-0.2, -0.15) is 0 Å². The number of fused-ring (bicyclic) bond motifs is 1. The van der Waals surface area contributed by atoms with Gasteiger partial charge in [0, 0.05) is 18.0 Å². The second-order valence-electron chi connectivity index (χ2n) is 10.6. The van der Waals surface area contributed by atoms with Crippen LogP contribution < -0.4 is 4.74 Å². The molecule has 0 spiro atoms. The summed E-state index contributed by atoms with van der Waals surface area (Å²) < 4.78 is 6.40. The first-order valence-electron chi connectivity index (χ1n) is 12.8. The summed E-state index contributed by atoms with van der Waals surface area (Å²) in [4.78, 5) is 7.61. The summed E-state index contributed by atoms with van der Waals surface area (Å²) >= 11 is 0. The quantitative estimate of drug-likeness (QED) is 0.465. The number of hydrogen-bond donors (Lipinski definition) is 0. The summed E-state index contributed by atoms with van der Waals surface area (Å²) in [6.07, 6.45) is 11.8. The number of nitrogens with zero attached hydrogens (tertiary/aromatic N) is 2. The van der Waals surface area contributed by atoms with Crippen LogP contribution in [0.3, 0.4) is 0 Å². The molecule has 1 aromatic heterocycles. The predicted octanol–water partition coefficient (Wildman–Crippen LogP) is 7.37. The Balaban J connectivity index is 1.37. The van der Waals surface area contributed by atoms with Gasteiger partial charge in [0.1, 0.15) is 5.75 Å². The largest absolute Gasteiger partial charge is 0.490 e. The molecule has 0 amide bonds. The van der Waals surface area contributed by atoms with Crippen LogP contribution in [-0.2, 0) is 6.54 Å². The number of benzene rings is 1. The maximum atomic E-state index is 6.40. The van der Waals surface area contributed by atoms with Gasteiger partial charge in [-0.15, -0.1) is 0 Å². The van der Waals surface area contributed by atoms with E-state index in [0.29, 0.717) is 11.5 Å². The molecule has 0 bridgehead atoms. The first-order valence-corrected chi connectivity index (χ1v) is 12.8. The van der Waals surface area contributed by atoms with Crippen molar-refractivity contribution in [3.63, 3.8) is 0 Å². The molecule has 1 atom stereocenters. The van der Waals surface area contributed by atoms with Crippen molar-refractivity contribution >= 4 is 10.9 Å². The van der Waals surface area contributed by atoms with Gasteiger partial charge in [-0.3, -0.25) is 9.88 Å². The fourth-order valence-corrected chi connectivity index (χ4v) is 5.69. The van der Waals surface area contributed by atoms with Crippen LogP contribution in [0.25, 0.3) is 10.9 Å². The number of rotatable bonds is 7. The van der Waals surface area contributed by atoms with Crippen LogP contribution in [0.5, 0.6) is 5.75 Å². The lowest BCUT2D eigenvalue weighted by atomic mass is 9.69. The van der Waals surface area contributed by atoms with Crippen LogP contribution in [0.15, 0.2) is 30.3 Å². The minimum Gasteiger partial charge on any atom is -0.490 e. The first-order chi connectivity index (χ1) is 15.0. The molecule has 2 heterocycles. The van der Waals surface area contributed by atoms with E-state index in [4.69, 9.17) is 9.72 Å². The minimum absolute atomic E-state index is 0.360. The SMILES string of the molecule is CCC1CCCCN1Cc1ccc2cc(OC3CCC(C(C)(C)CC)CC3)ccc2n1. The highest BCUT2D eigenvalue weighted by atomic mass is 16.5. The van der Waals surface area contributed by atoms with Gasteiger partial charge in [0.25, 0.3) is 0 Å². The van der Waals surface area contributed by atoms with Crippen molar-refractivity contribution in [2.45, 2.75) is 104 Å². The lowest BCUT2D eigenvalue weighted by molar-refractivity contribution is 0.0780. The maximum absolute atomic E-state index is 6.40. The van der Waals surface area contributed by atoms with E-state index in [-0.39, 0.29) is 0 Å². The molecule has 2 aromatic rings. The van der Waals surface area contributed by atoms with Crippen LogP contribution >= 0.6 is 0 Å². The molecule has 3 heteroatoms. The highest BCUT2D eigenvalue weighted by Crippen LogP contribution is 2.41. The van der Waals surface area contributed by atoms with Gasteiger partial charge in [-0.1, -0.05) is 46.6 Å². The Kier molecular flexibility index (Phi) is 7.21. The Labute approximate surface area is 189 Å². The average molecular weight is 423 g/mol. The van der Waals surface area contributed by atoms with Gasteiger partial charge in [-0.25, -0.2) is 0 Å². The van der Waals surface area contributed by atoms with Crippen LogP contribution in [-0.4, -0.2) is 28.6 Å². The van der Waals surface area contributed by atoms with E-state index in [0.717, 1.165) is 29.8 Å². The van der Waals surface area contributed by atoms with Gasteiger partial charge < -0.3 is 4.74 Å². The zero-order chi connectivity index (χ0) is 21.8. The van der Waals surface area contributed by atoms with Crippen molar-refractivity contribution < 1.29 is 4.74 Å². The Bertz CT molecular complexity index is 853. The molecule has 1 aromatic carbocycles. The predicted molar refractivity (Wildman–Crippen MR) is 131 cm³/mol. The van der Waals surface area contributed by atoms with Gasteiger partial charge in [0.2, 0.25) is 0 Å². The number of aromatic nitrogens is 1. The second-order valence-corrected chi connectivity index (χ2v) is 10.6. The van der Waals surface area contributed by atoms with E-state index in [9.17, 15) is 0 Å². The molecule has 0 N–H and O–H groups in total. The summed E-state index contributed by atoms with van der Waals surface area (Å²) in [5.74, 6) is 1.84. The molecule has 31 heavy (non-hydrogen) atoms. The standard InChI is InChI=1S/C28H42N2O/c1-5-24-9-7-8-18-30(24)20-23-13-10-21-19-26(16-17-27(21)29-23)31-25-14-11-22(12-15-25)28(3,4)6-2/h10,13,16-17,19,22,24-25H,5-9,11-12,14-15,18,20H2,1-4H3. The van der Waals surface area contributed by atoms with Crippen LogP contribution in [0, 0.1) is 11.3 Å². The number of likely N-dealkylation sites (tertiary alicyclic amines) is 1. The topological polar surface area (TPSA) is 25.4 Å². The summed E-state index contributed by atoms with van der Waals surface area (Å²) in [6.45, 7) is 11.7. The van der Waals surface area contributed by atoms with Crippen molar-refractivity contribution in [2.24, 2.45) is 11.3 Å². The fourth-order valence-electron chi connectivity index (χ4n) is 5.69. The monoisotopic (exact) mass is 422 g/mol. The van der Waals surface area contributed by atoms with E-state index < -0.39 is 0 Å². The van der Waals surface area contributed by atoms with E-state index in [1.165, 1.54) is 75.4 Å². The lowest BCUT2D eigenvalue weighted by Gasteiger charge is -2.38. The smallest absolute Gasteiger partial charge is 0.120 e. The normalized spacial score (nSPS) is 25.6. The molecule has 1 saturated heterocycles. The summed E-state index contributed by atoms with van der Waals surface area (Å²) in [5, 5.41) is 1.19. The zero-order valence-electron chi connectivity index (χ0n) is 20.2. The number of ether oxygens (including phenoxy) is 1. The second kappa shape index (κ2) is 9.90. The molecule has 0 radical (unpaired) electrons. The van der Waals surface area contributed by atoms with Crippen LogP contribution in [0.2, 0.25) is 0 Å². The van der Waals surface area contributed by atoms with E-state index >= 15 is 0 Å². The number of piperidine rings is 1. The Hall–Kier alpha value is -1.61. The molecular weight excluding hydrogens is 380 g/mol. The Morgan fingerprint density at radius 3 is 2.55 bits per heavy atom. The van der Waals surface area contributed by atoms with E-state index in [1.54, 1.807) is 0 Å². The van der Waals surface area contributed by atoms with Crippen molar-refractivity contribution in [1.82, 2.24) is 9.88 Å². The number of hydrogen-bond acceptors (Lipinski definition) is 3. The maximum Gasteiger partial charge on any atom is 0.120 e. The summed E-state index contributed by atoms with van der Waals surface area (Å²) in [7, 11) is 0. The fraction of sp³-hybridized carbons (Fsp3) is 0.679. The third kappa shape index (κ3) is 5.42. The number of pyridine rings is 1. The summed E-state index contributed by atoms with van der Waals surface area (Å²) in [5.41, 5.74) is 2.74. The molecule has 3 nitrogen and oxygen atoms in total. The molecule has 2 fully saturated rings. The van der Waals surface area contributed by atoms with E-state index in [1.807, 2.05) is 0 Å². The van der Waals surface area contributed by atoms with Crippen LogP contribution in [0.4, 0.5) is 0 Å².